The zero-order valence-electron chi connectivity index (χ0n) is 12.7. The van der Waals surface area contributed by atoms with Crippen LogP contribution in [0.3, 0.4) is 0 Å². The summed E-state index contributed by atoms with van der Waals surface area (Å²) in [5.74, 6) is 0.906. The molecule has 1 atom stereocenters. The number of fused-ring (bicyclic) bond motifs is 1. The predicted molar refractivity (Wildman–Crippen MR) is 86.4 cm³/mol. The van der Waals surface area contributed by atoms with E-state index in [0.29, 0.717) is 6.04 Å². The van der Waals surface area contributed by atoms with Crippen molar-refractivity contribution in [3.8, 4) is 5.75 Å². The fourth-order valence-corrected chi connectivity index (χ4v) is 3.20. The van der Waals surface area contributed by atoms with E-state index in [1.165, 1.54) is 23.1 Å². The number of ether oxygens (including phenoxy) is 1. The van der Waals surface area contributed by atoms with Crippen LogP contribution in [-0.2, 0) is 13.0 Å². The lowest BCUT2D eigenvalue weighted by atomic mass is 10.1. The van der Waals surface area contributed by atoms with Crippen LogP contribution in [0, 0.1) is 0 Å². The Balaban J connectivity index is 1.73. The first-order valence-corrected chi connectivity index (χ1v) is 7.39. The van der Waals surface area contributed by atoms with E-state index in [1.807, 2.05) is 18.2 Å². The van der Waals surface area contributed by atoms with Gasteiger partial charge in [0.05, 0.1) is 7.11 Å². The third-order valence-electron chi connectivity index (χ3n) is 4.34. The number of nitrogen functional groups attached to an aromatic ring is 1. The van der Waals surface area contributed by atoms with Crippen molar-refractivity contribution in [1.29, 1.82) is 0 Å². The van der Waals surface area contributed by atoms with Gasteiger partial charge in [-0.1, -0.05) is 18.2 Å². The maximum Gasteiger partial charge on any atom is 0.118 e. The van der Waals surface area contributed by atoms with E-state index in [9.17, 15) is 0 Å². The molecule has 2 N–H and O–H groups in total. The number of hydrogen-bond acceptors (Lipinski definition) is 3. The molecule has 3 nitrogen and oxygen atoms in total. The van der Waals surface area contributed by atoms with E-state index in [0.717, 1.165) is 24.4 Å². The number of methoxy groups -OCH3 is 1. The number of benzene rings is 2. The molecule has 0 aliphatic heterocycles. The van der Waals surface area contributed by atoms with E-state index in [2.05, 4.69) is 36.2 Å². The van der Waals surface area contributed by atoms with Gasteiger partial charge in [-0.15, -0.1) is 0 Å². The van der Waals surface area contributed by atoms with E-state index in [-0.39, 0.29) is 0 Å². The van der Waals surface area contributed by atoms with Crippen molar-refractivity contribution in [2.45, 2.75) is 25.4 Å². The lowest BCUT2D eigenvalue weighted by Gasteiger charge is -2.25. The Bertz CT molecular complexity index is 622. The van der Waals surface area contributed by atoms with Crippen molar-refractivity contribution in [2.24, 2.45) is 0 Å². The van der Waals surface area contributed by atoms with Gasteiger partial charge in [0.15, 0.2) is 0 Å². The van der Waals surface area contributed by atoms with Crippen LogP contribution in [0.4, 0.5) is 5.69 Å². The van der Waals surface area contributed by atoms with Crippen molar-refractivity contribution in [1.82, 2.24) is 4.90 Å². The Morgan fingerprint density at radius 1 is 1.19 bits per heavy atom. The highest BCUT2D eigenvalue weighted by atomic mass is 16.5. The normalized spacial score (nSPS) is 17.0. The molecule has 1 aliphatic rings. The van der Waals surface area contributed by atoms with Gasteiger partial charge in [0.1, 0.15) is 5.75 Å². The van der Waals surface area contributed by atoms with Crippen LogP contribution in [-0.4, -0.2) is 19.1 Å². The molecule has 0 heterocycles. The first kappa shape index (κ1) is 14.0. The van der Waals surface area contributed by atoms with Crippen molar-refractivity contribution >= 4 is 5.69 Å². The molecule has 0 amide bonds. The Morgan fingerprint density at radius 2 is 1.95 bits per heavy atom. The van der Waals surface area contributed by atoms with Gasteiger partial charge in [-0.25, -0.2) is 0 Å². The maximum absolute atomic E-state index is 5.88. The Morgan fingerprint density at radius 3 is 2.67 bits per heavy atom. The summed E-state index contributed by atoms with van der Waals surface area (Å²) in [6.45, 7) is 0.943. The highest BCUT2D eigenvalue weighted by molar-refractivity contribution is 5.47. The third-order valence-corrected chi connectivity index (χ3v) is 4.34. The first-order valence-electron chi connectivity index (χ1n) is 7.39. The fourth-order valence-electron chi connectivity index (χ4n) is 3.20. The molecule has 0 radical (unpaired) electrons. The van der Waals surface area contributed by atoms with Gasteiger partial charge in [0.2, 0.25) is 0 Å². The van der Waals surface area contributed by atoms with Gasteiger partial charge in [-0.05, 0) is 60.8 Å². The number of nitrogens with zero attached hydrogens (tertiary/aromatic N) is 1. The van der Waals surface area contributed by atoms with E-state index >= 15 is 0 Å². The summed E-state index contributed by atoms with van der Waals surface area (Å²) >= 11 is 0. The molecule has 1 aliphatic carbocycles. The summed E-state index contributed by atoms with van der Waals surface area (Å²) in [5.41, 5.74) is 10.9. The topological polar surface area (TPSA) is 38.5 Å². The molecular formula is C18H22N2O. The zero-order valence-corrected chi connectivity index (χ0v) is 12.7. The summed E-state index contributed by atoms with van der Waals surface area (Å²) in [6.07, 6.45) is 2.30. The van der Waals surface area contributed by atoms with E-state index in [4.69, 9.17) is 10.5 Å². The minimum Gasteiger partial charge on any atom is -0.497 e. The van der Waals surface area contributed by atoms with Crippen molar-refractivity contribution in [2.75, 3.05) is 19.9 Å². The average molecular weight is 282 g/mol. The summed E-state index contributed by atoms with van der Waals surface area (Å²) in [4.78, 5) is 2.42. The molecular weight excluding hydrogens is 260 g/mol. The monoisotopic (exact) mass is 282 g/mol. The molecule has 0 saturated heterocycles. The van der Waals surface area contributed by atoms with Crippen LogP contribution in [0.2, 0.25) is 0 Å². The van der Waals surface area contributed by atoms with Crippen LogP contribution in [0.1, 0.15) is 29.2 Å². The second-order valence-corrected chi connectivity index (χ2v) is 5.78. The minimum absolute atomic E-state index is 0.489. The third kappa shape index (κ3) is 2.88. The van der Waals surface area contributed by atoms with Crippen molar-refractivity contribution in [3.05, 3.63) is 59.2 Å². The van der Waals surface area contributed by atoms with Crippen LogP contribution in [0.15, 0.2) is 42.5 Å². The summed E-state index contributed by atoms with van der Waals surface area (Å²) < 4.78 is 5.21. The number of aryl methyl sites for hydroxylation is 1. The van der Waals surface area contributed by atoms with Gasteiger partial charge in [0.25, 0.3) is 0 Å². The summed E-state index contributed by atoms with van der Waals surface area (Å²) in [6, 6.07) is 15.1. The number of hydrogen-bond donors (Lipinski definition) is 1. The quantitative estimate of drug-likeness (QED) is 0.874. The molecule has 0 saturated carbocycles. The smallest absolute Gasteiger partial charge is 0.118 e. The molecule has 3 heteroatoms. The van der Waals surface area contributed by atoms with Crippen LogP contribution in [0.5, 0.6) is 5.75 Å². The molecule has 110 valence electrons. The van der Waals surface area contributed by atoms with Gasteiger partial charge >= 0.3 is 0 Å². The van der Waals surface area contributed by atoms with Gasteiger partial charge in [0, 0.05) is 18.3 Å². The minimum atomic E-state index is 0.489. The number of nitrogens with two attached hydrogens (primary N) is 1. The lowest BCUT2D eigenvalue weighted by Crippen LogP contribution is -2.22. The molecule has 21 heavy (non-hydrogen) atoms. The van der Waals surface area contributed by atoms with E-state index in [1.54, 1.807) is 7.11 Å². The van der Waals surface area contributed by atoms with Crippen LogP contribution < -0.4 is 10.5 Å². The second-order valence-electron chi connectivity index (χ2n) is 5.78. The average Bonchev–Trinajstić information content (AvgIpc) is 2.91. The second kappa shape index (κ2) is 5.78. The molecule has 0 aromatic heterocycles. The molecule has 0 bridgehead atoms. The lowest BCUT2D eigenvalue weighted by molar-refractivity contribution is 0.236. The molecule has 1 unspecified atom stereocenters. The zero-order chi connectivity index (χ0) is 14.8. The van der Waals surface area contributed by atoms with Crippen molar-refractivity contribution in [3.63, 3.8) is 0 Å². The molecule has 0 fully saturated rings. The largest absolute Gasteiger partial charge is 0.497 e. The highest BCUT2D eigenvalue weighted by Gasteiger charge is 2.25. The summed E-state index contributed by atoms with van der Waals surface area (Å²) in [5, 5.41) is 0. The van der Waals surface area contributed by atoms with E-state index < -0.39 is 0 Å². The fraction of sp³-hybridized carbons (Fsp3) is 0.333. The highest BCUT2D eigenvalue weighted by Crippen LogP contribution is 2.36. The van der Waals surface area contributed by atoms with Crippen LogP contribution >= 0.6 is 0 Å². The molecule has 0 spiro atoms. The summed E-state index contributed by atoms with van der Waals surface area (Å²) in [7, 11) is 3.89. The molecule has 2 aromatic carbocycles. The van der Waals surface area contributed by atoms with Gasteiger partial charge < -0.3 is 10.5 Å². The van der Waals surface area contributed by atoms with Gasteiger partial charge in [-0.2, -0.15) is 0 Å². The molecule has 3 rings (SSSR count). The standard InChI is InChI=1S/C18H22N2O/c1-20(12-13-3-7-16(21-2)8-4-13)18-10-5-14-11-15(19)6-9-17(14)18/h3-4,6-9,11,18H,5,10,12,19H2,1-2H3. The predicted octanol–water partition coefficient (Wildman–Crippen LogP) is 3.40. The van der Waals surface area contributed by atoms with Gasteiger partial charge in [-0.3, -0.25) is 4.90 Å². The first-order chi connectivity index (χ1) is 10.2. The SMILES string of the molecule is COc1ccc(CN(C)C2CCc3cc(N)ccc32)cc1. The number of anilines is 1. The Labute approximate surface area is 126 Å². The van der Waals surface area contributed by atoms with Crippen LogP contribution in [0.25, 0.3) is 0 Å². The Hall–Kier alpha value is -2.00. The Kier molecular flexibility index (Phi) is 3.84. The van der Waals surface area contributed by atoms with Crippen molar-refractivity contribution < 1.29 is 4.74 Å². The number of rotatable bonds is 4. The maximum atomic E-state index is 5.88. The molecule has 2 aromatic rings.